The van der Waals surface area contributed by atoms with Crippen molar-refractivity contribution in [3.05, 3.63) is 86.4 Å². The number of nitrogens with one attached hydrogen (secondary N) is 1. The number of thioether (sulfide) groups is 1. The maximum Gasteiger partial charge on any atom is 0.298 e. The first kappa shape index (κ1) is 26.7. The summed E-state index contributed by atoms with van der Waals surface area (Å²) in [5, 5.41) is 2.69. The molecular weight excluding hydrogens is 587 g/mol. The molecule has 1 heterocycles. The first-order valence-corrected chi connectivity index (χ1v) is 12.9. The molecule has 3 amide bonds. The summed E-state index contributed by atoms with van der Waals surface area (Å²) < 4.78 is 24.9. The third kappa shape index (κ3) is 6.51. The van der Waals surface area contributed by atoms with Gasteiger partial charge in [0.2, 0.25) is 0 Å². The van der Waals surface area contributed by atoms with E-state index in [1.807, 2.05) is 0 Å². The van der Waals surface area contributed by atoms with Gasteiger partial charge in [0.1, 0.15) is 5.82 Å². The van der Waals surface area contributed by atoms with Crippen LogP contribution in [0.1, 0.15) is 12.5 Å². The number of carbonyl (C=O) groups is 3. The van der Waals surface area contributed by atoms with Gasteiger partial charge in [0.05, 0.1) is 21.7 Å². The summed E-state index contributed by atoms with van der Waals surface area (Å²) in [6, 6.07) is 15.1. The maximum atomic E-state index is 13.1. The molecule has 1 N–H and O–H groups in total. The van der Waals surface area contributed by atoms with E-state index in [1.54, 1.807) is 49.4 Å². The smallest absolute Gasteiger partial charge is 0.298 e. The normalized spacial score (nSPS) is 14.3. The summed E-state index contributed by atoms with van der Waals surface area (Å²) in [5.74, 6) is -0.670. The molecular formula is C26H19BrClFN2O5S. The number of hydrogen-bond donors (Lipinski definition) is 1. The van der Waals surface area contributed by atoms with Crippen molar-refractivity contribution in [2.75, 3.05) is 23.4 Å². The maximum absolute atomic E-state index is 13.1. The van der Waals surface area contributed by atoms with Crippen molar-refractivity contribution in [2.24, 2.45) is 0 Å². The standard InChI is InChI=1S/C26H19BrClFN2O5S/c1-2-35-21-12-15(13-22-25(33)31(26(34)37-22)19-9-3-16(28)4-10-19)11-20(27)24(21)36-14-23(32)30-18-7-5-17(29)6-8-18/h3-13H,2,14H2,1H3,(H,30,32)/b22-13+. The molecule has 0 saturated carbocycles. The van der Waals surface area contributed by atoms with Gasteiger partial charge < -0.3 is 14.8 Å². The lowest BCUT2D eigenvalue weighted by atomic mass is 10.1. The van der Waals surface area contributed by atoms with E-state index in [9.17, 15) is 18.8 Å². The minimum atomic E-state index is -0.454. The van der Waals surface area contributed by atoms with Gasteiger partial charge in [0.15, 0.2) is 18.1 Å². The molecule has 0 bridgehead atoms. The molecule has 0 aromatic heterocycles. The average Bonchev–Trinajstić information content (AvgIpc) is 3.13. The van der Waals surface area contributed by atoms with Crippen molar-refractivity contribution in [3.63, 3.8) is 0 Å². The van der Waals surface area contributed by atoms with Crippen LogP contribution in [0.25, 0.3) is 6.08 Å². The van der Waals surface area contributed by atoms with Gasteiger partial charge in [-0.05, 0) is 107 Å². The Morgan fingerprint density at radius 3 is 2.49 bits per heavy atom. The lowest BCUT2D eigenvalue weighted by Gasteiger charge is -2.15. The first-order valence-electron chi connectivity index (χ1n) is 10.9. The van der Waals surface area contributed by atoms with Crippen LogP contribution in [0, 0.1) is 5.82 Å². The van der Waals surface area contributed by atoms with Crippen LogP contribution in [0.15, 0.2) is 70.0 Å². The van der Waals surface area contributed by atoms with Gasteiger partial charge in [0.25, 0.3) is 17.1 Å². The Balaban J connectivity index is 1.51. The van der Waals surface area contributed by atoms with Gasteiger partial charge in [-0.25, -0.2) is 9.29 Å². The molecule has 7 nitrogen and oxygen atoms in total. The first-order chi connectivity index (χ1) is 17.7. The van der Waals surface area contributed by atoms with E-state index in [4.69, 9.17) is 21.1 Å². The third-order valence-corrected chi connectivity index (χ3v) is 6.69. The fourth-order valence-corrected chi connectivity index (χ4v) is 4.92. The molecule has 37 heavy (non-hydrogen) atoms. The zero-order valence-electron chi connectivity index (χ0n) is 19.3. The van der Waals surface area contributed by atoms with Crippen LogP contribution < -0.4 is 19.7 Å². The fourth-order valence-electron chi connectivity index (χ4n) is 3.37. The molecule has 0 spiro atoms. The summed E-state index contributed by atoms with van der Waals surface area (Å²) >= 11 is 10.2. The van der Waals surface area contributed by atoms with E-state index >= 15 is 0 Å². The quantitative estimate of drug-likeness (QED) is 0.281. The largest absolute Gasteiger partial charge is 0.490 e. The van der Waals surface area contributed by atoms with Gasteiger partial charge in [-0.2, -0.15) is 0 Å². The molecule has 190 valence electrons. The predicted octanol–water partition coefficient (Wildman–Crippen LogP) is 6.90. The van der Waals surface area contributed by atoms with Crippen molar-refractivity contribution in [3.8, 4) is 11.5 Å². The SMILES string of the molecule is CCOc1cc(/C=C2/SC(=O)N(c3ccc(Cl)cc3)C2=O)cc(Br)c1OCC(=O)Nc1ccc(F)cc1. The molecule has 1 fully saturated rings. The molecule has 4 rings (SSSR count). The highest BCUT2D eigenvalue weighted by Crippen LogP contribution is 2.40. The highest BCUT2D eigenvalue weighted by Gasteiger charge is 2.36. The van der Waals surface area contributed by atoms with Crippen molar-refractivity contribution in [2.45, 2.75) is 6.92 Å². The van der Waals surface area contributed by atoms with Crippen molar-refractivity contribution < 1.29 is 28.2 Å². The monoisotopic (exact) mass is 604 g/mol. The number of ether oxygens (including phenoxy) is 2. The van der Waals surface area contributed by atoms with Crippen LogP contribution in [-0.2, 0) is 9.59 Å². The van der Waals surface area contributed by atoms with Crippen molar-refractivity contribution in [1.29, 1.82) is 0 Å². The van der Waals surface area contributed by atoms with E-state index in [-0.39, 0.29) is 11.5 Å². The van der Waals surface area contributed by atoms with E-state index in [0.29, 0.717) is 44.5 Å². The summed E-state index contributed by atoms with van der Waals surface area (Å²) in [6.07, 6.45) is 1.58. The summed E-state index contributed by atoms with van der Waals surface area (Å²) in [4.78, 5) is 39.1. The van der Waals surface area contributed by atoms with E-state index < -0.39 is 22.9 Å². The number of imide groups is 1. The predicted molar refractivity (Wildman–Crippen MR) is 146 cm³/mol. The van der Waals surface area contributed by atoms with E-state index in [1.165, 1.54) is 24.3 Å². The second-order valence-electron chi connectivity index (χ2n) is 7.60. The fraction of sp³-hybridized carbons (Fsp3) is 0.115. The van der Waals surface area contributed by atoms with Crippen LogP contribution >= 0.6 is 39.3 Å². The number of anilines is 2. The molecule has 0 unspecified atom stereocenters. The molecule has 11 heteroatoms. The topological polar surface area (TPSA) is 84.9 Å². The Bertz CT molecular complexity index is 1380. The zero-order chi connectivity index (χ0) is 26.5. The number of nitrogens with zero attached hydrogens (tertiary/aromatic N) is 1. The molecule has 1 saturated heterocycles. The van der Waals surface area contributed by atoms with Gasteiger partial charge >= 0.3 is 0 Å². The van der Waals surface area contributed by atoms with Crippen LogP contribution in [0.2, 0.25) is 5.02 Å². The molecule has 0 radical (unpaired) electrons. The average molecular weight is 606 g/mol. The summed E-state index contributed by atoms with van der Waals surface area (Å²) in [7, 11) is 0. The van der Waals surface area contributed by atoms with Gasteiger partial charge in [0, 0.05) is 10.7 Å². The van der Waals surface area contributed by atoms with Crippen LogP contribution in [0.5, 0.6) is 11.5 Å². The Hall–Kier alpha value is -3.34. The Labute approximate surface area is 229 Å². The number of amides is 3. The highest BCUT2D eigenvalue weighted by atomic mass is 79.9. The summed E-state index contributed by atoms with van der Waals surface area (Å²) in [5.41, 5.74) is 1.44. The molecule has 0 atom stereocenters. The lowest BCUT2D eigenvalue weighted by Crippen LogP contribution is -2.27. The molecule has 1 aliphatic heterocycles. The number of rotatable bonds is 8. The second-order valence-corrected chi connectivity index (χ2v) is 9.88. The second kappa shape index (κ2) is 11.8. The Morgan fingerprint density at radius 2 is 1.81 bits per heavy atom. The molecule has 1 aliphatic rings. The minimum Gasteiger partial charge on any atom is -0.490 e. The Kier molecular flexibility index (Phi) is 8.52. The molecule has 0 aliphatic carbocycles. The highest BCUT2D eigenvalue weighted by molar-refractivity contribution is 9.10. The lowest BCUT2D eigenvalue weighted by molar-refractivity contribution is -0.118. The summed E-state index contributed by atoms with van der Waals surface area (Å²) in [6.45, 7) is 1.79. The van der Waals surface area contributed by atoms with E-state index in [2.05, 4.69) is 21.2 Å². The van der Waals surface area contributed by atoms with E-state index in [0.717, 1.165) is 16.7 Å². The molecule has 3 aromatic carbocycles. The van der Waals surface area contributed by atoms with Gasteiger partial charge in [-0.15, -0.1) is 0 Å². The molecule has 3 aromatic rings. The number of carbonyl (C=O) groups excluding carboxylic acids is 3. The van der Waals surface area contributed by atoms with Crippen LogP contribution in [0.4, 0.5) is 20.6 Å². The number of halogens is 3. The van der Waals surface area contributed by atoms with Crippen LogP contribution in [0.3, 0.4) is 0 Å². The zero-order valence-corrected chi connectivity index (χ0v) is 22.5. The number of benzene rings is 3. The van der Waals surface area contributed by atoms with Crippen molar-refractivity contribution >= 4 is 73.8 Å². The third-order valence-electron chi connectivity index (χ3n) is 4.98. The van der Waals surface area contributed by atoms with Gasteiger partial charge in [-0.1, -0.05) is 11.6 Å². The minimum absolute atomic E-state index is 0.238. The Morgan fingerprint density at radius 1 is 1.11 bits per heavy atom. The number of hydrogen-bond acceptors (Lipinski definition) is 6. The van der Waals surface area contributed by atoms with Crippen LogP contribution in [-0.4, -0.2) is 30.3 Å². The van der Waals surface area contributed by atoms with Crippen molar-refractivity contribution in [1.82, 2.24) is 0 Å². The van der Waals surface area contributed by atoms with Gasteiger partial charge in [-0.3, -0.25) is 14.4 Å².